The Bertz CT molecular complexity index is 923. The molecule has 0 saturated carbocycles. The van der Waals surface area contributed by atoms with Crippen LogP contribution in [0, 0.1) is 10.1 Å². The molecule has 0 aliphatic carbocycles. The molecule has 0 atom stereocenters. The van der Waals surface area contributed by atoms with Crippen molar-refractivity contribution in [2.45, 2.75) is 17.7 Å². The Balaban J connectivity index is 1.85. The quantitative estimate of drug-likeness (QED) is 0.475. The van der Waals surface area contributed by atoms with E-state index < -0.39 is 14.9 Å². The number of nitrogens with zero attached hydrogens (tertiary/aromatic N) is 3. The highest BCUT2D eigenvalue weighted by Crippen LogP contribution is 2.30. The van der Waals surface area contributed by atoms with Gasteiger partial charge in [-0.3, -0.25) is 15.5 Å². The first-order chi connectivity index (χ1) is 12.5. The molecule has 1 saturated heterocycles. The van der Waals surface area contributed by atoms with E-state index >= 15 is 0 Å². The van der Waals surface area contributed by atoms with Crippen LogP contribution in [0.2, 0.25) is 0 Å². The Hall–Kier alpha value is -2.78. The summed E-state index contributed by atoms with van der Waals surface area (Å²) in [6, 6.07) is 13.0. The first-order valence-electron chi connectivity index (χ1n) is 8.11. The van der Waals surface area contributed by atoms with Gasteiger partial charge in [0.1, 0.15) is 5.69 Å². The summed E-state index contributed by atoms with van der Waals surface area (Å²) in [6.45, 7) is 0.884. The zero-order chi connectivity index (χ0) is 18.6. The molecular formula is C17H18N4O4S. The van der Waals surface area contributed by atoms with Gasteiger partial charge in [0.05, 0.1) is 16.0 Å². The number of nitro groups is 1. The van der Waals surface area contributed by atoms with Crippen molar-refractivity contribution in [3.63, 3.8) is 0 Å². The fraction of sp³-hybridized carbons (Fsp3) is 0.235. The van der Waals surface area contributed by atoms with Gasteiger partial charge in [-0.05, 0) is 30.5 Å². The van der Waals surface area contributed by atoms with Gasteiger partial charge in [-0.2, -0.15) is 9.41 Å². The van der Waals surface area contributed by atoms with E-state index in [2.05, 4.69) is 10.5 Å². The molecule has 0 bridgehead atoms. The van der Waals surface area contributed by atoms with Gasteiger partial charge in [0.25, 0.3) is 5.69 Å². The third-order valence-corrected chi connectivity index (χ3v) is 5.96. The van der Waals surface area contributed by atoms with Crippen LogP contribution >= 0.6 is 0 Å². The van der Waals surface area contributed by atoms with Crippen molar-refractivity contribution in [3.05, 3.63) is 64.2 Å². The van der Waals surface area contributed by atoms with Crippen LogP contribution in [0.5, 0.6) is 0 Å². The van der Waals surface area contributed by atoms with Crippen LogP contribution in [0.25, 0.3) is 0 Å². The van der Waals surface area contributed by atoms with Crippen LogP contribution in [-0.2, 0) is 10.0 Å². The summed E-state index contributed by atoms with van der Waals surface area (Å²) in [5, 5.41) is 15.3. The number of benzene rings is 2. The molecule has 136 valence electrons. The summed E-state index contributed by atoms with van der Waals surface area (Å²) in [7, 11) is -3.71. The molecule has 1 N–H and O–H groups in total. The molecule has 0 spiro atoms. The Morgan fingerprint density at radius 1 is 1.12 bits per heavy atom. The average molecular weight is 374 g/mol. The van der Waals surface area contributed by atoms with E-state index in [1.165, 1.54) is 22.7 Å². The van der Waals surface area contributed by atoms with Crippen molar-refractivity contribution < 1.29 is 13.3 Å². The number of anilines is 1. The fourth-order valence-corrected chi connectivity index (χ4v) is 4.25. The van der Waals surface area contributed by atoms with Gasteiger partial charge in [-0.15, -0.1) is 0 Å². The van der Waals surface area contributed by atoms with Crippen molar-refractivity contribution in [2.24, 2.45) is 5.10 Å². The second-order valence-corrected chi connectivity index (χ2v) is 7.77. The molecule has 0 aromatic heterocycles. The molecule has 26 heavy (non-hydrogen) atoms. The number of sulfonamides is 1. The molecule has 0 unspecified atom stereocenters. The summed E-state index contributed by atoms with van der Waals surface area (Å²) < 4.78 is 26.5. The number of hydrogen-bond acceptors (Lipinski definition) is 6. The van der Waals surface area contributed by atoms with Crippen molar-refractivity contribution in [2.75, 3.05) is 18.5 Å². The molecule has 0 amide bonds. The van der Waals surface area contributed by atoms with E-state index in [-0.39, 0.29) is 16.3 Å². The molecule has 8 nitrogen and oxygen atoms in total. The van der Waals surface area contributed by atoms with Crippen LogP contribution in [0.3, 0.4) is 0 Å². The number of rotatable bonds is 6. The van der Waals surface area contributed by atoms with Gasteiger partial charge < -0.3 is 0 Å². The Labute approximate surface area is 151 Å². The second-order valence-electron chi connectivity index (χ2n) is 5.83. The van der Waals surface area contributed by atoms with Crippen molar-refractivity contribution in [1.29, 1.82) is 0 Å². The third-order valence-electron chi connectivity index (χ3n) is 4.07. The lowest BCUT2D eigenvalue weighted by molar-refractivity contribution is -0.384. The minimum atomic E-state index is -3.71. The van der Waals surface area contributed by atoms with Crippen LogP contribution in [0.4, 0.5) is 11.4 Å². The zero-order valence-electron chi connectivity index (χ0n) is 13.9. The molecule has 1 aliphatic rings. The van der Waals surface area contributed by atoms with Crippen LogP contribution < -0.4 is 5.43 Å². The van der Waals surface area contributed by atoms with Gasteiger partial charge in [0.15, 0.2) is 0 Å². The summed E-state index contributed by atoms with van der Waals surface area (Å²) >= 11 is 0. The molecule has 1 aliphatic heterocycles. The summed E-state index contributed by atoms with van der Waals surface area (Å²) in [4.78, 5) is 10.7. The standard InChI is InChI=1S/C17H18N4O4S/c22-21(23)17-12-15(26(24,25)20-10-4-5-11-20)8-9-16(17)19-18-13-14-6-2-1-3-7-14/h1-3,6-9,12-13,19H,4-5,10-11H2/b18-13-. The Kier molecular flexibility index (Phi) is 5.29. The largest absolute Gasteiger partial charge is 0.295 e. The van der Waals surface area contributed by atoms with Gasteiger partial charge in [-0.25, -0.2) is 8.42 Å². The predicted molar refractivity (Wildman–Crippen MR) is 98.7 cm³/mol. The predicted octanol–water partition coefficient (Wildman–Crippen LogP) is 2.83. The topological polar surface area (TPSA) is 105 Å². The monoisotopic (exact) mass is 374 g/mol. The number of hydrogen-bond donors (Lipinski definition) is 1. The minimum Gasteiger partial charge on any atom is -0.272 e. The van der Waals surface area contributed by atoms with Gasteiger partial charge in [0, 0.05) is 19.2 Å². The van der Waals surface area contributed by atoms with Crippen LogP contribution in [-0.4, -0.2) is 37.0 Å². The second kappa shape index (κ2) is 7.63. The lowest BCUT2D eigenvalue weighted by Gasteiger charge is -2.15. The SMILES string of the molecule is O=[N+]([O-])c1cc(S(=O)(=O)N2CCCC2)ccc1N/N=C\c1ccccc1. The van der Waals surface area contributed by atoms with E-state index in [1.54, 1.807) is 0 Å². The average Bonchev–Trinajstić information content (AvgIpc) is 3.18. The lowest BCUT2D eigenvalue weighted by atomic mass is 10.2. The fourth-order valence-electron chi connectivity index (χ4n) is 2.71. The summed E-state index contributed by atoms with van der Waals surface area (Å²) in [5.41, 5.74) is 3.23. The van der Waals surface area contributed by atoms with E-state index in [0.717, 1.165) is 24.5 Å². The molecule has 2 aromatic rings. The van der Waals surface area contributed by atoms with Gasteiger partial charge in [0.2, 0.25) is 10.0 Å². The van der Waals surface area contributed by atoms with E-state index in [9.17, 15) is 18.5 Å². The van der Waals surface area contributed by atoms with E-state index in [4.69, 9.17) is 0 Å². The normalized spacial score (nSPS) is 15.4. The Morgan fingerprint density at radius 2 is 1.81 bits per heavy atom. The number of nitrogens with one attached hydrogen (secondary N) is 1. The molecule has 0 radical (unpaired) electrons. The van der Waals surface area contributed by atoms with Crippen molar-refractivity contribution >= 4 is 27.6 Å². The maximum atomic E-state index is 12.6. The maximum absolute atomic E-state index is 12.6. The zero-order valence-corrected chi connectivity index (χ0v) is 14.7. The van der Waals surface area contributed by atoms with E-state index in [1.807, 2.05) is 30.3 Å². The number of nitro benzene ring substituents is 1. The summed E-state index contributed by atoms with van der Waals surface area (Å²) in [6.07, 6.45) is 3.13. The van der Waals surface area contributed by atoms with Crippen LogP contribution in [0.1, 0.15) is 18.4 Å². The molecular weight excluding hydrogens is 356 g/mol. The van der Waals surface area contributed by atoms with Crippen LogP contribution in [0.15, 0.2) is 58.5 Å². The minimum absolute atomic E-state index is 0.0799. The molecule has 1 fully saturated rings. The van der Waals surface area contributed by atoms with E-state index in [0.29, 0.717) is 13.1 Å². The first kappa shape index (κ1) is 18.0. The highest BCUT2D eigenvalue weighted by Gasteiger charge is 2.29. The lowest BCUT2D eigenvalue weighted by Crippen LogP contribution is -2.27. The smallest absolute Gasteiger partial charge is 0.272 e. The third kappa shape index (κ3) is 3.89. The molecule has 2 aromatic carbocycles. The first-order valence-corrected chi connectivity index (χ1v) is 9.55. The summed E-state index contributed by atoms with van der Waals surface area (Å²) in [5.74, 6) is 0. The molecule has 1 heterocycles. The van der Waals surface area contributed by atoms with Gasteiger partial charge in [-0.1, -0.05) is 30.3 Å². The maximum Gasteiger partial charge on any atom is 0.295 e. The molecule has 9 heteroatoms. The highest BCUT2D eigenvalue weighted by molar-refractivity contribution is 7.89. The van der Waals surface area contributed by atoms with Gasteiger partial charge >= 0.3 is 0 Å². The Morgan fingerprint density at radius 3 is 2.46 bits per heavy atom. The molecule has 3 rings (SSSR count). The highest BCUT2D eigenvalue weighted by atomic mass is 32.2. The van der Waals surface area contributed by atoms with Crippen molar-refractivity contribution in [3.8, 4) is 0 Å². The number of hydrazone groups is 1. The van der Waals surface area contributed by atoms with Crippen molar-refractivity contribution in [1.82, 2.24) is 4.31 Å².